The molecule has 3 heteroatoms. The molecule has 1 aromatic carbocycles. The van der Waals surface area contributed by atoms with Gasteiger partial charge in [-0.05, 0) is 37.6 Å². The van der Waals surface area contributed by atoms with Gasteiger partial charge in [0, 0.05) is 17.1 Å². The van der Waals surface area contributed by atoms with Crippen molar-refractivity contribution in [3.05, 3.63) is 28.3 Å². The Labute approximate surface area is 103 Å². The van der Waals surface area contributed by atoms with Crippen molar-refractivity contribution in [3.63, 3.8) is 0 Å². The van der Waals surface area contributed by atoms with Crippen LogP contribution < -0.4 is 10.1 Å². The van der Waals surface area contributed by atoms with Gasteiger partial charge in [0.2, 0.25) is 0 Å². The van der Waals surface area contributed by atoms with Gasteiger partial charge in [0.15, 0.2) is 0 Å². The average Bonchev–Trinajstić information content (AvgIpc) is 2.28. The molecule has 0 aliphatic heterocycles. The molecule has 0 aromatic heterocycles. The van der Waals surface area contributed by atoms with Gasteiger partial charge >= 0.3 is 0 Å². The summed E-state index contributed by atoms with van der Waals surface area (Å²) >= 11 is 6.12. The Bertz CT molecular complexity index is 306. The Kier molecular flexibility index (Phi) is 5.64. The highest BCUT2D eigenvalue weighted by atomic mass is 35.5. The zero-order chi connectivity index (χ0) is 12.0. The lowest BCUT2D eigenvalue weighted by molar-refractivity contribution is 0.313. The zero-order valence-electron chi connectivity index (χ0n) is 10.3. The van der Waals surface area contributed by atoms with Crippen LogP contribution in [0.4, 0.5) is 0 Å². The SMILES string of the molecule is CCCOc1cc(C)c(Cl)cc1CNCC. The highest BCUT2D eigenvalue weighted by Crippen LogP contribution is 2.26. The first kappa shape index (κ1) is 13.3. The molecule has 0 spiro atoms. The molecule has 0 aliphatic rings. The minimum absolute atomic E-state index is 0.750. The fraction of sp³-hybridized carbons (Fsp3) is 0.538. The Balaban J connectivity index is 2.87. The molecule has 0 saturated carbocycles. The molecule has 2 nitrogen and oxygen atoms in total. The first-order valence-corrected chi connectivity index (χ1v) is 6.19. The molecule has 0 saturated heterocycles. The van der Waals surface area contributed by atoms with E-state index in [-0.39, 0.29) is 0 Å². The van der Waals surface area contributed by atoms with Gasteiger partial charge in [0.1, 0.15) is 5.75 Å². The largest absolute Gasteiger partial charge is 0.493 e. The summed E-state index contributed by atoms with van der Waals surface area (Å²) < 4.78 is 5.72. The highest BCUT2D eigenvalue weighted by molar-refractivity contribution is 6.31. The van der Waals surface area contributed by atoms with E-state index in [1.54, 1.807) is 0 Å². The normalized spacial score (nSPS) is 10.5. The molecule has 0 atom stereocenters. The summed E-state index contributed by atoms with van der Waals surface area (Å²) in [4.78, 5) is 0. The van der Waals surface area contributed by atoms with Gasteiger partial charge in [-0.2, -0.15) is 0 Å². The molecule has 0 radical (unpaired) electrons. The van der Waals surface area contributed by atoms with Crippen LogP contribution in [-0.4, -0.2) is 13.2 Å². The molecule has 1 aromatic rings. The molecule has 0 unspecified atom stereocenters. The second kappa shape index (κ2) is 6.77. The molecule has 0 aliphatic carbocycles. The predicted octanol–water partition coefficient (Wildman–Crippen LogP) is 3.55. The maximum absolute atomic E-state index is 6.12. The molecule has 1 N–H and O–H groups in total. The van der Waals surface area contributed by atoms with E-state index in [9.17, 15) is 0 Å². The van der Waals surface area contributed by atoms with Gasteiger partial charge in [-0.15, -0.1) is 0 Å². The smallest absolute Gasteiger partial charge is 0.124 e. The summed E-state index contributed by atoms with van der Waals surface area (Å²) in [5.74, 6) is 0.949. The van der Waals surface area contributed by atoms with Crippen molar-refractivity contribution in [3.8, 4) is 5.75 Å². The van der Waals surface area contributed by atoms with Crippen molar-refractivity contribution in [2.45, 2.75) is 33.7 Å². The van der Waals surface area contributed by atoms with Gasteiger partial charge in [-0.1, -0.05) is 25.4 Å². The van der Waals surface area contributed by atoms with E-state index < -0.39 is 0 Å². The van der Waals surface area contributed by atoms with Crippen molar-refractivity contribution in [2.75, 3.05) is 13.2 Å². The maximum atomic E-state index is 6.12. The topological polar surface area (TPSA) is 21.3 Å². The van der Waals surface area contributed by atoms with Crippen LogP contribution in [-0.2, 0) is 6.54 Å². The monoisotopic (exact) mass is 241 g/mol. The third-order valence-electron chi connectivity index (χ3n) is 2.37. The third-order valence-corrected chi connectivity index (χ3v) is 2.78. The van der Waals surface area contributed by atoms with E-state index in [0.717, 1.165) is 48.0 Å². The molecule has 90 valence electrons. The van der Waals surface area contributed by atoms with Crippen molar-refractivity contribution in [1.82, 2.24) is 5.32 Å². The van der Waals surface area contributed by atoms with Crippen LogP contribution in [0.2, 0.25) is 5.02 Å². The Morgan fingerprint density at radius 1 is 1.31 bits per heavy atom. The van der Waals surface area contributed by atoms with Crippen LogP contribution in [0, 0.1) is 6.92 Å². The lowest BCUT2D eigenvalue weighted by atomic mass is 10.1. The quantitative estimate of drug-likeness (QED) is 0.823. The minimum Gasteiger partial charge on any atom is -0.493 e. The first-order valence-electron chi connectivity index (χ1n) is 5.81. The number of rotatable bonds is 6. The van der Waals surface area contributed by atoms with Gasteiger partial charge in [0.25, 0.3) is 0 Å². The van der Waals surface area contributed by atoms with Crippen LogP contribution in [0.25, 0.3) is 0 Å². The van der Waals surface area contributed by atoms with Crippen LogP contribution >= 0.6 is 11.6 Å². The number of nitrogens with one attached hydrogen (secondary N) is 1. The van der Waals surface area contributed by atoms with Crippen LogP contribution in [0.1, 0.15) is 31.4 Å². The third kappa shape index (κ3) is 3.69. The van der Waals surface area contributed by atoms with Crippen LogP contribution in [0.5, 0.6) is 5.75 Å². The molecule has 0 bridgehead atoms. The summed E-state index contributed by atoms with van der Waals surface area (Å²) in [7, 11) is 0. The average molecular weight is 242 g/mol. The molecule has 0 fully saturated rings. The Hall–Kier alpha value is -0.730. The lowest BCUT2D eigenvalue weighted by Gasteiger charge is -2.13. The second-order valence-corrected chi connectivity index (χ2v) is 4.25. The predicted molar refractivity (Wildman–Crippen MR) is 69.4 cm³/mol. The standard InChI is InChI=1S/C13H20ClNO/c1-4-6-16-13-7-10(3)12(14)8-11(13)9-15-5-2/h7-8,15H,4-6,9H2,1-3H3. The van der Waals surface area contributed by atoms with Crippen LogP contribution in [0.15, 0.2) is 12.1 Å². The fourth-order valence-corrected chi connectivity index (χ4v) is 1.63. The van der Waals surface area contributed by atoms with Gasteiger partial charge < -0.3 is 10.1 Å². The molecule has 0 heterocycles. The van der Waals surface area contributed by atoms with Gasteiger partial charge in [-0.25, -0.2) is 0 Å². The fourth-order valence-electron chi connectivity index (χ4n) is 1.44. The van der Waals surface area contributed by atoms with Gasteiger partial charge in [-0.3, -0.25) is 0 Å². The first-order chi connectivity index (χ1) is 7.69. The zero-order valence-corrected chi connectivity index (χ0v) is 11.0. The molecular weight excluding hydrogens is 222 g/mol. The summed E-state index contributed by atoms with van der Waals surface area (Å²) in [5.41, 5.74) is 2.19. The summed E-state index contributed by atoms with van der Waals surface area (Å²) in [6, 6.07) is 4.01. The lowest BCUT2D eigenvalue weighted by Crippen LogP contribution is -2.13. The summed E-state index contributed by atoms with van der Waals surface area (Å²) in [5, 5.41) is 4.09. The molecular formula is C13H20ClNO. The number of hydrogen-bond donors (Lipinski definition) is 1. The van der Waals surface area contributed by atoms with E-state index in [1.807, 2.05) is 19.1 Å². The van der Waals surface area contributed by atoms with E-state index in [2.05, 4.69) is 19.2 Å². The van der Waals surface area contributed by atoms with E-state index in [4.69, 9.17) is 16.3 Å². The van der Waals surface area contributed by atoms with E-state index in [0.29, 0.717) is 0 Å². The number of ether oxygens (including phenoxy) is 1. The number of halogens is 1. The molecule has 1 rings (SSSR count). The number of hydrogen-bond acceptors (Lipinski definition) is 2. The van der Waals surface area contributed by atoms with Crippen molar-refractivity contribution < 1.29 is 4.74 Å². The minimum atomic E-state index is 0.750. The second-order valence-electron chi connectivity index (χ2n) is 3.84. The van der Waals surface area contributed by atoms with Crippen molar-refractivity contribution in [1.29, 1.82) is 0 Å². The van der Waals surface area contributed by atoms with Crippen molar-refractivity contribution in [2.24, 2.45) is 0 Å². The van der Waals surface area contributed by atoms with E-state index >= 15 is 0 Å². The highest BCUT2D eigenvalue weighted by Gasteiger charge is 2.07. The van der Waals surface area contributed by atoms with E-state index in [1.165, 1.54) is 0 Å². The molecule has 16 heavy (non-hydrogen) atoms. The van der Waals surface area contributed by atoms with Crippen molar-refractivity contribution >= 4 is 11.6 Å². The Morgan fingerprint density at radius 2 is 2.06 bits per heavy atom. The number of benzene rings is 1. The number of aryl methyl sites for hydroxylation is 1. The van der Waals surface area contributed by atoms with Gasteiger partial charge in [0.05, 0.1) is 6.61 Å². The summed E-state index contributed by atoms with van der Waals surface area (Å²) in [6.07, 6.45) is 1.02. The maximum Gasteiger partial charge on any atom is 0.124 e. The Morgan fingerprint density at radius 3 is 2.69 bits per heavy atom. The summed E-state index contributed by atoms with van der Waals surface area (Å²) in [6.45, 7) is 8.68. The van der Waals surface area contributed by atoms with Crippen LogP contribution in [0.3, 0.4) is 0 Å². The molecule has 0 amide bonds.